The van der Waals surface area contributed by atoms with E-state index >= 15 is 0 Å². The lowest BCUT2D eigenvalue weighted by Gasteiger charge is -2.14. The van der Waals surface area contributed by atoms with Gasteiger partial charge in [0.2, 0.25) is 0 Å². The fraction of sp³-hybridized carbons (Fsp3) is 0.581. The van der Waals surface area contributed by atoms with Crippen LogP contribution in [0.5, 0.6) is 0 Å². The third kappa shape index (κ3) is 7.33. The Balaban J connectivity index is 0.000000183. The van der Waals surface area contributed by atoms with Gasteiger partial charge < -0.3 is 13.5 Å². The zero-order valence-electron chi connectivity index (χ0n) is 25.1. The lowest BCUT2D eigenvalue weighted by atomic mass is 10.2. The molecule has 0 atom stereocenters. The molecule has 2 aliphatic rings. The van der Waals surface area contributed by atoms with E-state index in [9.17, 15) is 0 Å². The summed E-state index contributed by atoms with van der Waals surface area (Å²) in [5, 5.41) is 0. The van der Waals surface area contributed by atoms with Gasteiger partial charge in [0.1, 0.15) is 17.3 Å². The molecular formula is C31H50N6. The quantitative estimate of drug-likeness (QED) is 0.246. The molecule has 0 amide bonds. The van der Waals surface area contributed by atoms with Gasteiger partial charge in [-0.3, -0.25) is 0 Å². The van der Waals surface area contributed by atoms with Gasteiger partial charge in [-0.05, 0) is 79.4 Å². The van der Waals surface area contributed by atoms with Gasteiger partial charge in [0, 0.05) is 49.2 Å². The fourth-order valence-corrected chi connectivity index (χ4v) is 4.76. The van der Waals surface area contributed by atoms with Crippen molar-refractivity contribution in [1.29, 1.82) is 0 Å². The van der Waals surface area contributed by atoms with Crippen molar-refractivity contribution in [3.8, 4) is 0 Å². The number of pyridine rings is 1. The summed E-state index contributed by atoms with van der Waals surface area (Å²) in [5.74, 6) is 2.59. The largest absolute Gasteiger partial charge is 0.332 e. The van der Waals surface area contributed by atoms with Gasteiger partial charge >= 0.3 is 0 Å². The third-order valence-electron chi connectivity index (χ3n) is 7.14. The summed E-state index contributed by atoms with van der Waals surface area (Å²) in [7, 11) is 0. The summed E-state index contributed by atoms with van der Waals surface area (Å²) in [6, 6.07) is 6.03. The molecule has 6 heteroatoms. The molecule has 0 N–H and O–H groups in total. The molecule has 4 aromatic rings. The van der Waals surface area contributed by atoms with Crippen LogP contribution in [0.15, 0.2) is 24.4 Å². The van der Waals surface area contributed by atoms with E-state index in [0.29, 0.717) is 0 Å². The van der Waals surface area contributed by atoms with E-state index in [0.717, 1.165) is 11.3 Å². The second-order valence-electron chi connectivity index (χ2n) is 9.33. The Morgan fingerprint density at radius 2 is 1.03 bits per heavy atom. The van der Waals surface area contributed by atoms with Crippen LogP contribution in [0.25, 0.3) is 5.65 Å². The average Bonchev–Trinajstić information content (AvgIpc) is 3.52. The van der Waals surface area contributed by atoms with E-state index in [1.54, 1.807) is 0 Å². The molecular weight excluding hydrogens is 456 g/mol. The zero-order chi connectivity index (χ0) is 27.5. The molecule has 4 aromatic heterocycles. The molecule has 0 saturated carbocycles. The van der Waals surface area contributed by atoms with Crippen LogP contribution in [0.3, 0.4) is 0 Å². The molecule has 0 fully saturated rings. The number of fused-ring (bicyclic) bond motifs is 3. The van der Waals surface area contributed by atoms with Crippen LogP contribution in [0.1, 0.15) is 99.2 Å². The van der Waals surface area contributed by atoms with Gasteiger partial charge in [0.25, 0.3) is 0 Å². The summed E-state index contributed by atoms with van der Waals surface area (Å²) in [6.45, 7) is 23.0. The second kappa shape index (κ2) is 14.7. The summed E-state index contributed by atoms with van der Waals surface area (Å²) in [6.07, 6.45) is 9.66. The van der Waals surface area contributed by atoms with E-state index in [1.807, 2.05) is 59.0 Å². The molecule has 2 aliphatic heterocycles. The second-order valence-corrected chi connectivity index (χ2v) is 9.33. The first-order chi connectivity index (χ1) is 17.9. The Bertz CT molecular complexity index is 1180. The van der Waals surface area contributed by atoms with Crippen LogP contribution in [-0.4, -0.2) is 28.5 Å². The van der Waals surface area contributed by atoms with E-state index < -0.39 is 0 Å². The fourth-order valence-electron chi connectivity index (χ4n) is 4.76. The first-order valence-electron chi connectivity index (χ1n) is 14.3. The Hall–Kier alpha value is -2.89. The van der Waals surface area contributed by atoms with Crippen LogP contribution in [0.4, 0.5) is 0 Å². The molecule has 6 heterocycles. The minimum atomic E-state index is 1.03. The normalized spacial score (nSPS) is 13.4. The summed E-state index contributed by atoms with van der Waals surface area (Å²) < 4.78 is 6.81. The highest BCUT2D eigenvalue weighted by Crippen LogP contribution is 2.19. The van der Waals surface area contributed by atoms with Gasteiger partial charge in [0.05, 0.1) is 17.1 Å². The van der Waals surface area contributed by atoms with Crippen molar-refractivity contribution in [2.75, 3.05) is 0 Å². The van der Waals surface area contributed by atoms with E-state index in [1.165, 1.54) is 91.7 Å². The smallest absolute Gasteiger partial charge is 0.137 e. The average molecular weight is 507 g/mol. The maximum Gasteiger partial charge on any atom is 0.137 e. The number of hydrogen-bond acceptors (Lipinski definition) is 3. The Morgan fingerprint density at radius 3 is 1.46 bits per heavy atom. The summed E-state index contributed by atoms with van der Waals surface area (Å²) in [5.41, 5.74) is 8.50. The Morgan fingerprint density at radius 1 is 0.568 bits per heavy atom. The van der Waals surface area contributed by atoms with Gasteiger partial charge in [-0.1, -0.05) is 33.8 Å². The van der Waals surface area contributed by atoms with Gasteiger partial charge in [0.15, 0.2) is 0 Å². The van der Waals surface area contributed by atoms with Crippen LogP contribution < -0.4 is 0 Å². The van der Waals surface area contributed by atoms with E-state index in [4.69, 9.17) is 0 Å². The van der Waals surface area contributed by atoms with Crippen molar-refractivity contribution in [2.24, 2.45) is 0 Å². The standard InChI is InChI=1S/2C9H14N2.C9H10N2.2C2H6/c3*1-7-8(2)11-6-4-3-5-9(11)10-7;2*1-2/h2*3-6H2,1-2H3;3-6H,1-2H3;2*1-2H3. The minimum absolute atomic E-state index is 1.03. The molecule has 0 aliphatic carbocycles. The molecule has 204 valence electrons. The topological polar surface area (TPSA) is 52.9 Å². The first-order valence-corrected chi connectivity index (χ1v) is 14.3. The number of nitrogens with zero attached hydrogens (tertiary/aromatic N) is 6. The van der Waals surface area contributed by atoms with Gasteiger partial charge in [-0.2, -0.15) is 0 Å². The van der Waals surface area contributed by atoms with Crippen molar-refractivity contribution in [2.45, 2.75) is 121 Å². The van der Waals surface area contributed by atoms with Crippen LogP contribution in [0.2, 0.25) is 0 Å². The van der Waals surface area contributed by atoms with Gasteiger partial charge in [-0.25, -0.2) is 15.0 Å². The Labute approximate surface area is 225 Å². The maximum atomic E-state index is 4.51. The number of rotatable bonds is 0. The summed E-state index contributed by atoms with van der Waals surface area (Å²) in [4.78, 5) is 13.4. The molecule has 6 rings (SSSR count). The van der Waals surface area contributed by atoms with Crippen molar-refractivity contribution in [3.63, 3.8) is 0 Å². The maximum absolute atomic E-state index is 4.51. The van der Waals surface area contributed by atoms with Crippen molar-refractivity contribution < 1.29 is 0 Å². The molecule has 37 heavy (non-hydrogen) atoms. The van der Waals surface area contributed by atoms with Gasteiger partial charge in [-0.15, -0.1) is 0 Å². The van der Waals surface area contributed by atoms with Crippen molar-refractivity contribution in [1.82, 2.24) is 28.5 Å². The van der Waals surface area contributed by atoms with E-state index in [-0.39, 0.29) is 0 Å². The molecule has 0 radical (unpaired) electrons. The molecule has 0 spiro atoms. The van der Waals surface area contributed by atoms with Crippen molar-refractivity contribution in [3.05, 3.63) is 70.2 Å². The number of imidazole rings is 3. The van der Waals surface area contributed by atoms with E-state index in [2.05, 4.69) is 63.1 Å². The number of aryl methyl sites for hydroxylation is 6. The predicted octanol–water partition coefficient (Wildman–Crippen LogP) is 7.68. The SMILES string of the molecule is CC.CC.Cc1nc2ccccn2c1C.Cc1nc2n(c1C)CCCC2.Cc1nc2n(c1C)CCCC2. The number of hydrogen-bond donors (Lipinski definition) is 0. The van der Waals surface area contributed by atoms with Crippen LogP contribution >= 0.6 is 0 Å². The minimum Gasteiger partial charge on any atom is -0.332 e. The lowest BCUT2D eigenvalue weighted by Crippen LogP contribution is -2.11. The zero-order valence-corrected chi connectivity index (χ0v) is 25.1. The molecule has 0 unspecified atom stereocenters. The molecule has 0 aromatic carbocycles. The summed E-state index contributed by atoms with van der Waals surface area (Å²) >= 11 is 0. The highest BCUT2D eigenvalue weighted by atomic mass is 15.1. The molecule has 6 nitrogen and oxygen atoms in total. The van der Waals surface area contributed by atoms with Crippen molar-refractivity contribution >= 4 is 5.65 Å². The monoisotopic (exact) mass is 506 g/mol. The van der Waals surface area contributed by atoms with Crippen LogP contribution in [0, 0.1) is 41.5 Å². The molecule has 0 bridgehead atoms. The number of aromatic nitrogens is 6. The lowest BCUT2D eigenvalue weighted by molar-refractivity contribution is 0.514. The predicted molar refractivity (Wildman–Crippen MR) is 157 cm³/mol. The molecule has 0 saturated heterocycles. The first kappa shape index (κ1) is 30.3. The van der Waals surface area contributed by atoms with Crippen LogP contribution in [-0.2, 0) is 25.9 Å². The Kier molecular flexibility index (Phi) is 12.1. The highest BCUT2D eigenvalue weighted by molar-refractivity contribution is 5.42. The third-order valence-corrected chi connectivity index (χ3v) is 7.14. The highest BCUT2D eigenvalue weighted by Gasteiger charge is 2.14.